The van der Waals surface area contributed by atoms with Crippen LogP contribution in [0.15, 0.2) is 12.1 Å². The SMILES string of the molecule is COc1cc(N)c(C)cc1N1CCN(C2CCN(C)CC2)CC1. The number of likely N-dealkylation sites (tertiary alicyclic amines) is 1. The first-order valence-electron chi connectivity index (χ1n) is 8.70. The van der Waals surface area contributed by atoms with Gasteiger partial charge in [0.05, 0.1) is 12.8 Å². The summed E-state index contributed by atoms with van der Waals surface area (Å²) in [6.45, 7) is 8.93. The normalized spacial score (nSPS) is 21.6. The fourth-order valence-electron chi connectivity index (χ4n) is 3.79. The lowest BCUT2D eigenvalue weighted by Gasteiger charge is -2.43. The first-order valence-corrected chi connectivity index (χ1v) is 8.70. The second kappa shape index (κ2) is 6.97. The van der Waals surface area contributed by atoms with E-state index in [1.165, 1.54) is 31.6 Å². The third-order valence-corrected chi connectivity index (χ3v) is 5.43. The summed E-state index contributed by atoms with van der Waals surface area (Å²) < 4.78 is 5.55. The minimum absolute atomic E-state index is 0.767. The Hall–Kier alpha value is -1.46. The van der Waals surface area contributed by atoms with Gasteiger partial charge in [0.15, 0.2) is 0 Å². The van der Waals surface area contributed by atoms with E-state index in [1.54, 1.807) is 7.11 Å². The Bertz CT molecular complexity index is 532. The van der Waals surface area contributed by atoms with Crippen molar-refractivity contribution < 1.29 is 4.74 Å². The number of anilines is 2. The number of nitrogen functional groups attached to an aromatic ring is 1. The first kappa shape index (κ1) is 16.4. The highest BCUT2D eigenvalue weighted by molar-refractivity contribution is 5.67. The van der Waals surface area contributed by atoms with Crippen molar-refractivity contribution in [2.75, 3.05) is 64.1 Å². The Labute approximate surface area is 140 Å². The molecule has 1 aromatic rings. The molecule has 3 rings (SSSR count). The zero-order chi connectivity index (χ0) is 16.4. The molecule has 0 aliphatic carbocycles. The number of piperidine rings is 1. The summed E-state index contributed by atoms with van der Waals surface area (Å²) >= 11 is 0. The summed E-state index contributed by atoms with van der Waals surface area (Å²) in [6, 6.07) is 4.89. The van der Waals surface area contributed by atoms with Crippen LogP contribution >= 0.6 is 0 Å². The van der Waals surface area contributed by atoms with E-state index in [2.05, 4.69) is 34.7 Å². The molecule has 2 N–H and O–H groups in total. The highest BCUT2D eigenvalue weighted by Crippen LogP contribution is 2.33. The number of hydrogen-bond donors (Lipinski definition) is 1. The topological polar surface area (TPSA) is 45.0 Å². The molecule has 5 heteroatoms. The van der Waals surface area contributed by atoms with E-state index in [0.29, 0.717) is 0 Å². The van der Waals surface area contributed by atoms with Crippen molar-refractivity contribution in [2.24, 2.45) is 0 Å². The predicted molar refractivity (Wildman–Crippen MR) is 96.4 cm³/mol. The second-order valence-corrected chi connectivity index (χ2v) is 6.94. The van der Waals surface area contributed by atoms with Crippen LogP contribution in [-0.4, -0.2) is 69.3 Å². The number of benzene rings is 1. The molecule has 0 saturated carbocycles. The Balaban J connectivity index is 1.64. The highest BCUT2D eigenvalue weighted by Gasteiger charge is 2.27. The minimum Gasteiger partial charge on any atom is -0.495 e. The fraction of sp³-hybridized carbons (Fsp3) is 0.667. The number of aryl methyl sites for hydroxylation is 1. The van der Waals surface area contributed by atoms with Gasteiger partial charge in [0, 0.05) is 44.0 Å². The molecule has 0 aromatic heterocycles. The summed E-state index contributed by atoms with van der Waals surface area (Å²) in [5.74, 6) is 0.890. The van der Waals surface area contributed by atoms with Crippen LogP contribution in [0.3, 0.4) is 0 Å². The van der Waals surface area contributed by atoms with Crippen molar-refractivity contribution >= 4 is 11.4 Å². The fourth-order valence-corrected chi connectivity index (χ4v) is 3.79. The number of methoxy groups -OCH3 is 1. The van der Waals surface area contributed by atoms with Crippen molar-refractivity contribution in [3.8, 4) is 5.75 Å². The molecule has 2 fully saturated rings. The lowest BCUT2D eigenvalue weighted by molar-refractivity contribution is 0.115. The highest BCUT2D eigenvalue weighted by atomic mass is 16.5. The molecule has 0 bridgehead atoms. The Kier molecular flexibility index (Phi) is 4.97. The van der Waals surface area contributed by atoms with E-state index in [1.807, 2.05) is 6.07 Å². The summed E-state index contributed by atoms with van der Waals surface area (Å²) in [7, 11) is 3.95. The van der Waals surface area contributed by atoms with Gasteiger partial charge in [-0.05, 0) is 51.5 Å². The molecule has 2 saturated heterocycles. The molecule has 0 unspecified atom stereocenters. The van der Waals surface area contributed by atoms with Gasteiger partial charge in [-0.1, -0.05) is 0 Å². The minimum atomic E-state index is 0.767. The van der Waals surface area contributed by atoms with Gasteiger partial charge >= 0.3 is 0 Å². The molecule has 0 spiro atoms. The third-order valence-electron chi connectivity index (χ3n) is 5.43. The largest absolute Gasteiger partial charge is 0.495 e. The van der Waals surface area contributed by atoms with Crippen LogP contribution in [0.2, 0.25) is 0 Å². The maximum absolute atomic E-state index is 6.01. The van der Waals surface area contributed by atoms with Gasteiger partial charge in [-0.3, -0.25) is 4.90 Å². The molecule has 128 valence electrons. The number of ether oxygens (including phenoxy) is 1. The number of nitrogens with two attached hydrogens (primary N) is 1. The monoisotopic (exact) mass is 318 g/mol. The second-order valence-electron chi connectivity index (χ2n) is 6.94. The van der Waals surface area contributed by atoms with E-state index in [-0.39, 0.29) is 0 Å². The quantitative estimate of drug-likeness (QED) is 0.861. The van der Waals surface area contributed by atoms with Crippen molar-refractivity contribution in [3.05, 3.63) is 17.7 Å². The Morgan fingerprint density at radius 3 is 2.30 bits per heavy atom. The van der Waals surface area contributed by atoms with Gasteiger partial charge in [-0.2, -0.15) is 0 Å². The van der Waals surface area contributed by atoms with E-state index in [4.69, 9.17) is 10.5 Å². The molecule has 5 nitrogen and oxygen atoms in total. The van der Waals surface area contributed by atoms with Crippen molar-refractivity contribution in [1.82, 2.24) is 9.80 Å². The van der Waals surface area contributed by atoms with Crippen LogP contribution in [0.4, 0.5) is 11.4 Å². The summed E-state index contributed by atoms with van der Waals surface area (Å²) in [4.78, 5) is 7.56. The molecule has 23 heavy (non-hydrogen) atoms. The third kappa shape index (κ3) is 3.56. The van der Waals surface area contributed by atoms with Crippen LogP contribution < -0.4 is 15.4 Å². The lowest BCUT2D eigenvalue weighted by Crippen LogP contribution is -2.53. The molecular weight excluding hydrogens is 288 g/mol. The van der Waals surface area contributed by atoms with E-state index >= 15 is 0 Å². The summed E-state index contributed by atoms with van der Waals surface area (Å²) in [5, 5.41) is 0. The van der Waals surface area contributed by atoms with Gasteiger partial charge in [0.25, 0.3) is 0 Å². The van der Waals surface area contributed by atoms with Crippen molar-refractivity contribution in [3.63, 3.8) is 0 Å². The average Bonchev–Trinajstić information content (AvgIpc) is 2.58. The van der Waals surface area contributed by atoms with Gasteiger partial charge in [-0.15, -0.1) is 0 Å². The lowest BCUT2D eigenvalue weighted by atomic mass is 10.0. The number of hydrogen-bond acceptors (Lipinski definition) is 5. The maximum Gasteiger partial charge on any atom is 0.144 e. The smallest absolute Gasteiger partial charge is 0.144 e. The molecule has 0 atom stereocenters. The molecule has 2 aliphatic rings. The van der Waals surface area contributed by atoms with Crippen molar-refractivity contribution in [2.45, 2.75) is 25.8 Å². The van der Waals surface area contributed by atoms with Gasteiger partial charge in [-0.25, -0.2) is 0 Å². The summed E-state index contributed by atoms with van der Waals surface area (Å²) in [5.41, 5.74) is 9.12. The van der Waals surface area contributed by atoms with Crippen LogP contribution in [-0.2, 0) is 0 Å². The molecule has 2 aliphatic heterocycles. The average molecular weight is 318 g/mol. The number of nitrogens with zero attached hydrogens (tertiary/aromatic N) is 3. The van der Waals surface area contributed by atoms with Crippen molar-refractivity contribution in [1.29, 1.82) is 0 Å². The van der Waals surface area contributed by atoms with Gasteiger partial charge < -0.3 is 20.3 Å². The van der Waals surface area contributed by atoms with Crippen LogP contribution in [0.5, 0.6) is 5.75 Å². The van der Waals surface area contributed by atoms with Gasteiger partial charge in [0.2, 0.25) is 0 Å². The predicted octanol–water partition coefficient (Wildman–Crippen LogP) is 1.80. The maximum atomic E-state index is 6.01. The zero-order valence-corrected chi connectivity index (χ0v) is 14.7. The van der Waals surface area contributed by atoms with Crippen LogP contribution in [0.25, 0.3) is 0 Å². The Morgan fingerprint density at radius 1 is 1.04 bits per heavy atom. The van der Waals surface area contributed by atoms with E-state index < -0.39 is 0 Å². The van der Waals surface area contributed by atoms with Crippen LogP contribution in [0.1, 0.15) is 18.4 Å². The molecular formula is C18H30N4O. The first-order chi connectivity index (χ1) is 11.1. The molecule has 1 aromatic carbocycles. The van der Waals surface area contributed by atoms with E-state index in [9.17, 15) is 0 Å². The van der Waals surface area contributed by atoms with Crippen LogP contribution in [0, 0.1) is 6.92 Å². The zero-order valence-electron chi connectivity index (χ0n) is 14.7. The Morgan fingerprint density at radius 2 is 1.70 bits per heavy atom. The number of rotatable bonds is 3. The summed E-state index contributed by atoms with van der Waals surface area (Å²) in [6.07, 6.45) is 2.61. The molecule has 0 amide bonds. The number of piperazine rings is 1. The molecule has 2 heterocycles. The van der Waals surface area contributed by atoms with Gasteiger partial charge in [0.1, 0.15) is 5.75 Å². The molecule has 0 radical (unpaired) electrons. The van der Waals surface area contributed by atoms with E-state index in [0.717, 1.165) is 49.2 Å². The standard InChI is InChI=1S/C18H30N4O/c1-14-12-17(18(23-3)13-16(14)19)22-10-8-21(9-11-22)15-4-6-20(2)7-5-15/h12-13,15H,4-11,19H2,1-3H3.